The normalized spacial score (nSPS) is 11.6. The van der Waals surface area contributed by atoms with Crippen molar-refractivity contribution in [1.82, 2.24) is 9.55 Å². The van der Waals surface area contributed by atoms with Crippen LogP contribution >= 0.6 is 0 Å². The number of aryl methyl sites for hydroxylation is 1. The van der Waals surface area contributed by atoms with Crippen LogP contribution in [0.1, 0.15) is 56.2 Å². The fourth-order valence-corrected chi connectivity index (χ4v) is 4.87. The summed E-state index contributed by atoms with van der Waals surface area (Å²) < 4.78 is 2.41. The zero-order chi connectivity index (χ0) is 23.8. The Balaban J connectivity index is 1.90. The highest BCUT2D eigenvalue weighted by molar-refractivity contribution is 5.85. The van der Waals surface area contributed by atoms with Gasteiger partial charge in [-0.2, -0.15) is 0 Å². The number of hydrogen-bond donors (Lipinski definition) is 0. The third kappa shape index (κ3) is 3.84. The summed E-state index contributed by atoms with van der Waals surface area (Å²) in [6.45, 7) is 11.4. The Morgan fingerprint density at radius 1 is 0.647 bits per heavy atom. The number of imidazole rings is 1. The molecule has 0 atom stereocenters. The first kappa shape index (κ1) is 22.2. The molecule has 5 aromatic rings. The minimum absolute atomic E-state index is 0.363. The molecule has 4 aromatic carbocycles. The number of hydrogen-bond acceptors (Lipinski definition) is 1. The third-order valence-corrected chi connectivity index (χ3v) is 6.69. The second-order valence-electron chi connectivity index (χ2n) is 9.75. The molecule has 0 radical (unpaired) electrons. The molecule has 2 nitrogen and oxygen atoms in total. The van der Waals surface area contributed by atoms with Crippen LogP contribution in [0.2, 0.25) is 0 Å². The van der Waals surface area contributed by atoms with Gasteiger partial charge in [0.1, 0.15) is 5.82 Å². The number of aromatic nitrogens is 2. The van der Waals surface area contributed by atoms with Gasteiger partial charge in [-0.15, -0.1) is 0 Å². The summed E-state index contributed by atoms with van der Waals surface area (Å²) in [5, 5.41) is 0. The average molecular weight is 445 g/mol. The molecule has 0 aliphatic carbocycles. The predicted molar refractivity (Wildman–Crippen MR) is 145 cm³/mol. The lowest BCUT2D eigenvalue weighted by Crippen LogP contribution is -2.09. The van der Waals surface area contributed by atoms with E-state index in [1.807, 2.05) is 0 Å². The van der Waals surface area contributed by atoms with Crippen LogP contribution in [0.3, 0.4) is 0 Å². The van der Waals surface area contributed by atoms with Gasteiger partial charge in [-0.3, -0.25) is 4.57 Å². The Kier molecular flexibility index (Phi) is 5.83. The fourth-order valence-electron chi connectivity index (χ4n) is 4.87. The summed E-state index contributed by atoms with van der Waals surface area (Å²) in [5.41, 5.74) is 11.1. The van der Waals surface area contributed by atoms with Crippen molar-refractivity contribution in [3.8, 4) is 28.2 Å². The Morgan fingerprint density at radius 2 is 1.24 bits per heavy atom. The van der Waals surface area contributed by atoms with Crippen molar-refractivity contribution >= 4 is 11.0 Å². The highest BCUT2D eigenvalue weighted by Gasteiger charge is 2.23. The maximum Gasteiger partial charge on any atom is 0.146 e. The molecule has 0 fully saturated rings. The van der Waals surface area contributed by atoms with Crippen molar-refractivity contribution in [2.75, 3.05) is 0 Å². The van der Waals surface area contributed by atoms with Gasteiger partial charge in [0.05, 0.1) is 16.7 Å². The second-order valence-corrected chi connectivity index (χ2v) is 9.75. The minimum atomic E-state index is 0.363. The monoisotopic (exact) mass is 444 g/mol. The Labute approximate surface area is 202 Å². The molecule has 0 spiro atoms. The minimum Gasteiger partial charge on any atom is -0.292 e. The number of benzene rings is 4. The van der Waals surface area contributed by atoms with Gasteiger partial charge >= 0.3 is 0 Å². The lowest BCUT2D eigenvalue weighted by molar-refractivity contribution is 0.811. The molecule has 0 aliphatic heterocycles. The summed E-state index contributed by atoms with van der Waals surface area (Å²) in [6, 6.07) is 32.6. The molecule has 0 amide bonds. The van der Waals surface area contributed by atoms with Crippen LogP contribution in [0.4, 0.5) is 0 Å². The van der Waals surface area contributed by atoms with E-state index in [9.17, 15) is 0 Å². The molecule has 0 N–H and O–H groups in total. The molecule has 5 rings (SSSR count). The van der Waals surface area contributed by atoms with Crippen molar-refractivity contribution in [3.05, 3.63) is 108 Å². The molecule has 0 bridgehead atoms. The van der Waals surface area contributed by atoms with E-state index in [2.05, 4.69) is 130 Å². The zero-order valence-electron chi connectivity index (χ0n) is 20.7. The highest BCUT2D eigenvalue weighted by Crippen LogP contribution is 2.40. The van der Waals surface area contributed by atoms with Gasteiger partial charge in [0.2, 0.25) is 0 Å². The molecule has 1 heterocycles. The van der Waals surface area contributed by atoms with Gasteiger partial charge in [0, 0.05) is 5.56 Å². The topological polar surface area (TPSA) is 17.8 Å². The van der Waals surface area contributed by atoms with Gasteiger partial charge in [-0.25, -0.2) is 4.98 Å². The Hall–Kier alpha value is -3.65. The van der Waals surface area contributed by atoms with Gasteiger partial charge < -0.3 is 0 Å². The lowest BCUT2D eigenvalue weighted by Gasteiger charge is -2.24. The molecule has 0 saturated carbocycles. The predicted octanol–water partition coefficient (Wildman–Crippen LogP) is 8.91. The fraction of sp³-hybridized carbons (Fsp3) is 0.219. The van der Waals surface area contributed by atoms with E-state index in [0.717, 1.165) is 16.9 Å². The van der Waals surface area contributed by atoms with Crippen molar-refractivity contribution in [2.24, 2.45) is 0 Å². The van der Waals surface area contributed by atoms with Gasteiger partial charge in [-0.05, 0) is 70.8 Å². The molecular weight excluding hydrogens is 412 g/mol. The number of para-hydroxylation sites is 2. The molecule has 2 heteroatoms. The van der Waals surface area contributed by atoms with Crippen LogP contribution in [0.25, 0.3) is 39.2 Å². The first-order valence-corrected chi connectivity index (χ1v) is 12.2. The Bertz CT molecular complexity index is 1430. The lowest BCUT2D eigenvalue weighted by atomic mass is 9.88. The largest absolute Gasteiger partial charge is 0.292 e. The smallest absolute Gasteiger partial charge is 0.146 e. The summed E-state index contributed by atoms with van der Waals surface area (Å²) >= 11 is 0. The van der Waals surface area contributed by atoms with Crippen LogP contribution in [-0.2, 0) is 0 Å². The van der Waals surface area contributed by atoms with Crippen molar-refractivity contribution in [3.63, 3.8) is 0 Å². The third-order valence-electron chi connectivity index (χ3n) is 6.69. The number of rotatable bonds is 5. The average Bonchev–Trinajstić information content (AvgIpc) is 3.23. The van der Waals surface area contributed by atoms with Crippen LogP contribution in [0.5, 0.6) is 0 Å². The van der Waals surface area contributed by atoms with Crippen LogP contribution in [-0.4, -0.2) is 9.55 Å². The van der Waals surface area contributed by atoms with Crippen molar-refractivity contribution in [1.29, 1.82) is 0 Å². The van der Waals surface area contributed by atoms with Gasteiger partial charge in [0.25, 0.3) is 0 Å². The summed E-state index contributed by atoms with van der Waals surface area (Å²) in [7, 11) is 0. The number of nitrogens with zero attached hydrogens (tertiary/aromatic N) is 2. The highest BCUT2D eigenvalue weighted by atomic mass is 15.1. The first-order chi connectivity index (χ1) is 16.5. The van der Waals surface area contributed by atoms with E-state index in [0.29, 0.717) is 11.8 Å². The van der Waals surface area contributed by atoms with Crippen molar-refractivity contribution in [2.45, 2.75) is 46.5 Å². The molecule has 170 valence electrons. The van der Waals surface area contributed by atoms with E-state index < -0.39 is 0 Å². The second kappa shape index (κ2) is 8.95. The molecule has 0 saturated heterocycles. The van der Waals surface area contributed by atoms with Gasteiger partial charge in [0.15, 0.2) is 0 Å². The first-order valence-electron chi connectivity index (χ1n) is 12.2. The number of fused-ring (bicyclic) bond motifs is 1. The van der Waals surface area contributed by atoms with Crippen LogP contribution in [0.15, 0.2) is 91.0 Å². The summed E-state index contributed by atoms with van der Waals surface area (Å²) in [4.78, 5) is 5.16. The standard InChI is InChI=1S/C32H32N2/c1-21(2)27-19-25(24-14-7-6-8-15-24)20-28(22(3)4)31(27)34-30-18-12-11-17-29(30)33-32(34)26-16-10-9-13-23(26)5/h6-22H,1-5H3. The molecule has 34 heavy (non-hydrogen) atoms. The quantitative estimate of drug-likeness (QED) is 0.264. The van der Waals surface area contributed by atoms with E-state index >= 15 is 0 Å². The molecule has 0 unspecified atom stereocenters. The van der Waals surface area contributed by atoms with Crippen molar-refractivity contribution < 1.29 is 0 Å². The molecular formula is C32H32N2. The van der Waals surface area contributed by atoms with Crippen LogP contribution in [0, 0.1) is 6.92 Å². The summed E-state index contributed by atoms with van der Waals surface area (Å²) in [5.74, 6) is 1.74. The summed E-state index contributed by atoms with van der Waals surface area (Å²) in [6.07, 6.45) is 0. The van der Waals surface area contributed by atoms with E-state index in [-0.39, 0.29) is 0 Å². The SMILES string of the molecule is Cc1ccccc1-c1nc2ccccc2n1-c1c(C(C)C)cc(-c2ccccc2)cc1C(C)C. The van der Waals surface area contributed by atoms with Gasteiger partial charge in [-0.1, -0.05) is 94.4 Å². The molecule has 1 aromatic heterocycles. The van der Waals surface area contributed by atoms with E-state index in [4.69, 9.17) is 4.98 Å². The van der Waals surface area contributed by atoms with E-state index in [1.165, 1.54) is 39.1 Å². The van der Waals surface area contributed by atoms with E-state index in [1.54, 1.807) is 0 Å². The maximum atomic E-state index is 5.16. The maximum absolute atomic E-state index is 5.16. The molecule has 0 aliphatic rings. The van der Waals surface area contributed by atoms with Crippen LogP contribution < -0.4 is 0 Å². The Morgan fingerprint density at radius 3 is 1.88 bits per heavy atom. The zero-order valence-corrected chi connectivity index (χ0v) is 20.7.